The van der Waals surface area contributed by atoms with Crippen LogP contribution in [0.3, 0.4) is 0 Å². The van der Waals surface area contributed by atoms with Gasteiger partial charge in [-0.05, 0) is 65.1 Å². The Balaban J connectivity index is 1.31. The molecule has 3 aromatic carbocycles. The summed E-state index contributed by atoms with van der Waals surface area (Å²) in [6, 6.07) is 19.9. The number of fused-ring (bicyclic) bond motifs is 3. The zero-order valence-electron chi connectivity index (χ0n) is 17.2. The van der Waals surface area contributed by atoms with Crippen LogP contribution in [-0.4, -0.2) is 44.2 Å². The summed E-state index contributed by atoms with van der Waals surface area (Å²) in [4.78, 5) is 24.3. The van der Waals surface area contributed by atoms with Gasteiger partial charge in [-0.3, -0.25) is 9.59 Å². The highest BCUT2D eigenvalue weighted by Crippen LogP contribution is 2.37. The number of piperazine rings is 1. The first-order chi connectivity index (χ1) is 15.4. The Kier molecular flexibility index (Phi) is 5.03. The molecule has 1 aliphatic carbocycles. The molecule has 0 bridgehead atoms. The molecule has 0 spiro atoms. The van der Waals surface area contributed by atoms with Crippen LogP contribution in [0.1, 0.15) is 21.5 Å². The monoisotopic (exact) mass is 447 g/mol. The Bertz CT molecular complexity index is 1330. The highest BCUT2D eigenvalue weighted by molar-refractivity contribution is 7.89. The molecule has 3 aromatic rings. The smallest absolute Gasteiger partial charge is 0.255 e. The van der Waals surface area contributed by atoms with Gasteiger partial charge in [0.15, 0.2) is 0 Å². The van der Waals surface area contributed by atoms with E-state index >= 15 is 0 Å². The third kappa shape index (κ3) is 3.68. The number of hydrogen-bond acceptors (Lipinski definition) is 4. The Labute approximate surface area is 186 Å². The summed E-state index contributed by atoms with van der Waals surface area (Å²) in [6.07, 6.45) is 0.830. The predicted octanol–water partition coefficient (Wildman–Crippen LogP) is 2.63. The van der Waals surface area contributed by atoms with E-state index in [2.05, 4.69) is 22.8 Å². The fourth-order valence-corrected chi connectivity index (χ4v) is 5.57. The van der Waals surface area contributed by atoms with Crippen LogP contribution in [0.5, 0.6) is 0 Å². The zero-order valence-corrected chi connectivity index (χ0v) is 18.0. The van der Waals surface area contributed by atoms with Crippen LogP contribution in [0.15, 0.2) is 71.6 Å². The minimum Gasteiger partial charge on any atom is -0.354 e. The van der Waals surface area contributed by atoms with Gasteiger partial charge in [0.1, 0.15) is 0 Å². The lowest BCUT2D eigenvalue weighted by molar-refractivity contribution is -0.122. The van der Waals surface area contributed by atoms with Crippen molar-refractivity contribution in [3.8, 4) is 11.1 Å². The number of carbonyl (C=O) groups is 2. The second-order valence-electron chi connectivity index (χ2n) is 7.87. The fourth-order valence-electron chi connectivity index (χ4n) is 4.17. The number of amides is 2. The maximum Gasteiger partial charge on any atom is 0.255 e. The van der Waals surface area contributed by atoms with Crippen molar-refractivity contribution in [1.82, 2.24) is 9.62 Å². The molecule has 2 amide bonds. The van der Waals surface area contributed by atoms with E-state index in [0.29, 0.717) is 11.3 Å². The van der Waals surface area contributed by atoms with E-state index < -0.39 is 10.0 Å². The van der Waals surface area contributed by atoms with Crippen LogP contribution < -0.4 is 10.6 Å². The lowest BCUT2D eigenvalue weighted by Crippen LogP contribution is -2.49. The molecule has 1 heterocycles. The quantitative estimate of drug-likeness (QED) is 0.503. The highest BCUT2D eigenvalue weighted by Gasteiger charge is 2.29. The molecule has 5 rings (SSSR count). The number of benzene rings is 3. The van der Waals surface area contributed by atoms with Crippen molar-refractivity contribution in [3.63, 3.8) is 0 Å². The fraction of sp³-hybridized carbons (Fsp3) is 0.167. The first kappa shape index (κ1) is 20.4. The van der Waals surface area contributed by atoms with Crippen molar-refractivity contribution >= 4 is 27.5 Å². The van der Waals surface area contributed by atoms with E-state index in [1.165, 1.54) is 41.0 Å². The van der Waals surface area contributed by atoms with Crippen molar-refractivity contribution in [3.05, 3.63) is 83.4 Å². The Hall–Kier alpha value is -3.49. The van der Waals surface area contributed by atoms with Crippen LogP contribution >= 0.6 is 0 Å². The van der Waals surface area contributed by atoms with Gasteiger partial charge >= 0.3 is 0 Å². The predicted molar refractivity (Wildman–Crippen MR) is 121 cm³/mol. The van der Waals surface area contributed by atoms with Gasteiger partial charge in [-0.15, -0.1) is 0 Å². The van der Waals surface area contributed by atoms with Gasteiger partial charge < -0.3 is 10.6 Å². The Morgan fingerprint density at radius 1 is 0.938 bits per heavy atom. The average molecular weight is 448 g/mol. The lowest BCUT2D eigenvalue weighted by Gasteiger charge is -2.25. The standard InChI is InChI=1S/C24H21N3O4S/c28-23-15-27(12-11-25-23)32(30,31)20-8-5-16(6-9-20)24(29)26-19-7-10-22-18(14-19)13-17-3-1-2-4-21(17)22/h1-10,14H,11-13,15H2,(H,25,28)(H,26,29). The van der Waals surface area contributed by atoms with Crippen molar-refractivity contribution in [2.45, 2.75) is 11.3 Å². The molecule has 162 valence electrons. The van der Waals surface area contributed by atoms with Crippen LogP contribution in [0, 0.1) is 0 Å². The first-order valence-electron chi connectivity index (χ1n) is 10.3. The number of sulfonamides is 1. The SMILES string of the molecule is O=C1CN(S(=O)(=O)c2ccc(C(=O)Nc3ccc4c(c3)Cc3ccccc3-4)cc2)CCN1. The molecule has 1 fully saturated rings. The number of hydrogen-bond donors (Lipinski definition) is 2. The maximum absolute atomic E-state index is 12.8. The first-order valence-corrected chi connectivity index (χ1v) is 11.8. The van der Waals surface area contributed by atoms with Gasteiger partial charge in [0, 0.05) is 24.3 Å². The topological polar surface area (TPSA) is 95.6 Å². The summed E-state index contributed by atoms with van der Waals surface area (Å²) in [7, 11) is -3.79. The lowest BCUT2D eigenvalue weighted by atomic mass is 10.1. The van der Waals surface area contributed by atoms with E-state index in [0.717, 1.165) is 16.3 Å². The third-order valence-electron chi connectivity index (χ3n) is 5.81. The number of nitrogens with zero attached hydrogens (tertiary/aromatic N) is 1. The maximum atomic E-state index is 12.8. The van der Waals surface area contributed by atoms with E-state index in [-0.39, 0.29) is 36.3 Å². The summed E-state index contributed by atoms with van der Waals surface area (Å²) in [5, 5.41) is 5.50. The van der Waals surface area contributed by atoms with Gasteiger partial charge in [0.05, 0.1) is 11.4 Å². The third-order valence-corrected chi connectivity index (χ3v) is 7.67. The molecule has 1 saturated heterocycles. The molecule has 0 saturated carbocycles. The van der Waals surface area contributed by atoms with E-state index in [4.69, 9.17) is 0 Å². The Morgan fingerprint density at radius 2 is 1.69 bits per heavy atom. The Morgan fingerprint density at radius 3 is 2.47 bits per heavy atom. The molecule has 0 unspecified atom stereocenters. The summed E-state index contributed by atoms with van der Waals surface area (Å²) < 4.78 is 26.6. The molecule has 0 atom stereocenters. The number of nitrogens with one attached hydrogen (secondary N) is 2. The van der Waals surface area contributed by atoms with Gasteiger partial charge in [0.25, 0.3) is 5.91 Å². The summed E-state index contributed by atoms with van der Waals surface area (Å²) in [5.74, 6) is -0.643. The second-order valence-corrected chi connectivity index (χ2v) is 9.81. The molecule has 0 aromatic heterocycles. The van der Waals surface area contributed by atoms with Crippen LogP contribution in [0.2, 0.25) is 0 Å². The molecule has 8 heteroatoms. The minimum absolute atomic E-state index is 0.0547. The number of carbonyl (C=O) groups excluding carboxylic acids is 2. The van der Waals surface area contributed by atoms with E-state index in [1.54, 1.807) is 0 Å². The van der Waals surface area contributed by atoms with Crippen LogP contribution in [-0.2, 0) is 21.2 Å². The van der Waals surface area contributed by atoms with Crippen molar-refractivity contribution < 1.29 is 18.0 Å². The minimum atomic E-state index is -3.79. The summed E-state index contributed by atoms with van der Waals surface area (Å²) >= 11 is 0. The number of anilines is 1. The van der Waals surface area contributed by atoms with Crippen molar-refractivity contribution in [2.24, 2.45) is 0 Å². The molecule has 0 radical (unpaired) electrons. The van der Waals surface area contributed by atoms with Gasteiger partial charge in [-0.2, -0.15) is 4.31 Å². The normalized spacial score (nSPS) is 15.6. The largest absolute Gasteiger partial charge is 0.354 e. The molecule has 32 heavy (non-hydrogen) atoms. The average Bonchev–Trinajstić information content (AvgIpc) is 3.17. The summed E-state index contributed by atoms with van der Waals surface area (Å²) in [5.41, 5.74) is 5.88. The van der Waals surface area contributed by atoms with Gasteiger partial charge in [-0.1, -0.05) is 30.3 Å². The molecular formula is C24H21N3O4S. The highest BCUT2D eigenvalue weighted by atomic mass is 32.2. The van der Waals surface area contributed by atoms with Crippen molar-refractivity contribution in [2.75, 3.05) is 25.0 Å². The molecule has 7 nitrogen and oxygen atoms in total. The second kappa shape index (κ2) is 7.89. The van der Waals surface area contributed by atoms with E-state index in [1.807, 2.05) is 30.3 Å². The van der Waals surface area contributed by atoms with Gasteiger partial charge in [-0.25, -0.2) is 8.42 Å². The van der Waals surface area contributed by atoms with Crippen LogP contribution in [0.4, 0.5) is 5.69 Å². The van der Waals surface area contributed by atoms with Crippen LogP contribution in [0.25, 0.3) is 11.1 Å². The van der Waals surface area contributed by atoms with Crippen molar-refractivity contribution in [1.29, 1.82) is 0 Å². The molecule has 2 aliphatic rings. The zero-order chi connectivity index (χ0) is 22.3. The van der Waals surface area contributed by atoms with E-state index in [9.17, 15) is 18.0 Å². The molecule has 1 aliphatic heterocycles. The molecule has 2 N–H and O–H groups in total. The molecular weight excluding hydrogens is 426 g/mol. The summed E-state index contributed by atoms with van der Waals surface area (Å²) in [6.45, 7) is 0.301. The number of rotatable bonds is 4. The van der Waals surface area contributed by atoms with Gasteiger partial charge in [0.2, 0.25) is 15.9 Å².